The Morgan fingerprint density at radius 1 is 0.521 bits per heavy atom. The van der Waals surface area contributed by atoms with Gasteiger partial charge in [0.2, 0.25) is 11.8 Å². The Bertz CT molecular complexity index is 2890. The van der Waals surface area contributed by atoms with Crippen LogP contribution in [-0.2, 0) is 90.4 Å². The minimum Gasteiger partial charge on any atom is -0.382 e. The standard InChI is InChI=1S/C30H30N10.C19H36N4O4.C10H20N4O2.C9H16O2/c1-4-10-25(11-5-1)16-38-22-28(31-34-38)19-37(20-29-23-39(35-32-29)17-26-12-6-2-7-13-26)21-30-24-40(36-33-30)18-27-14-8-3-9-15-27;1-4-7-10-17(15-26-6-3)20-19(24)14-23-13-18(21-22-23)16-27-12-9-8-11-25-5-2;1-3-5-6-9(8-16-4-2)13-10(15)7-12-14-11;1-3-7-11-9-6-5-8-10-4-2/h1-15,22-24H,16-21H2;13,17H,4-12,14-16H2,1-3H3,(H,20,24);9H,3-8H2,1-2H3,(H,13,15);1H,4-9H2,2H3. The van der Waals surface area contributed by atoms with E-state index in [1.165, 1.54) is 16.7 Å². The van der Waals surface area contributed by atoms with Crippen molar-refractivity contribution in [1.82, 2.24) is 75.5 Å². The summed E-state index contributed by atoms with van der Waals surface area (Å²) in [5, 5.41) is 43.5. The minimum absolute atomic E-state index is 0.0151. The molecule has 2 N–H and O–H groups in total. The normalized spacial score (nSPS) is 11.4. The van der Waals surface area contributed by atoms with E-state index in [9.17, 15) is 9.59 Å². The predicted molar refractivity (Wildman–Crippen MR) is 360 cm³/mol. The number of ether oxygens (including phenoxy) is 6. The summed E-state index contributed by atoms with van der Waals surface area (Å²) in [5.74, 6) is 2.09. The summed E-state index contributed by atoms with van der Waals surface area (Å²) in [4.78, 5) is 28.3. The number of nitrogens with zero attached hydrogens (tertiary/aromatic N) is 16. The first-order chi connectivity index (χ1) is 46.1. The molecule has 7 rings (SSSR count). The van der Waals surface area contributed by atoms with Crippen LogP contribution in [0.3, 0.4) is 0 Å². The van der Waals surface area contributed by atoms with Crippen LogP contribution >= 0.6 is 0 Å². The highest BCUT2D eigenvalue weighted by Gasteiger charge is 2.17. The number of carbonyl (C=O) groups excluding carboxylic acids is 2. The lowest BCUT2D eigenvalue weighted by Crippen LogP contribution is -2.40. The van der Waals surface area contributed by atoms with Gasteiger partial charge in [0.05, 0.1) is 93.4 Å². The van der Waals surface area contributed by atoms with Crippen LogP contribution in [0.15, 0.2) is 121 Å². The summed E-state index contributed by atoms with van der Waals surface area (Å²) in [6.07, 6.45) is 22.8. The highest BCUT2D eigenvalue weighted by Crippen LogP contribution is 2.14. The average molecular weight is 1300 g/mol. The number of rotatable bonds is 45. The zero-order valence-corrected chi connectivity index (χ0v) is 56.3. The first-order valence-electron chi connectivity index (χ1n) is 33.0. The van der Waals surface area contributed by atoms with Crippen LogP contribution in [0.2, 0.25) is 0 Å². The molecule has 26 nitrogen and oxygen atoms in total. The van der Waals surface area contributed by atoms with Gasteiger partial charge in [0.15, 0.2) is 0 Å². The Balaban J connectivity index is 0.000000301. The number of azide groups is 1. The lowest BCUT2D eigenvalue weighted by Gasteiger charge is -2.18. The Kier molecular flexibility index (Phi) is 42.6. The van der Waals surface area contributed by atoms with Gasteiger partial charge >= 0.3 is 0 Å². The summed E-state index contributed by atoms with van der Waals surface area (Å²) in [6, 6.07) is 30.8. The van der Waals surface area contributed by atoms with Crippen molar-refractivity contribution in [3.63, 3.8) is 0 Å². The highest BCUT2D eigenvalue weighted by molar-refractivity contribution is 5.78. The maximum Gasteiger partial charge on any atom is 0.242 e. The molecule has 2 amide bonds. The maximum atomic E-state index is 12.2. The molecule has 0 fully saturated rings. The van der Waals surface area contributed by atoms with Crippen molar-refractivity contribution in [1.29, 1.82) is 0 Å². The fourth-order valence-corrected chi connectivity index (χ4v) is 9.13. The van der Waals surface area contributed by atoms with Crippen molar-refractivity contribution in [3.05, 3.63) is 166 Å². The van der Waals surface area contributed by atoms with Crippen molar-refractivity contribution in [2.75, 3.05) is 79.2 Å². The molecule has 4 aromatic heterocycles. The number of nitrogens with one attached hydrogen (secondary N) is 2. The summed E-state index contributed by atoms with van der Waals surface area (Å²) < 4.78 is 39.0. The van der Waals surface area contributed by atoms with Crippen molar-refractivity contribution in [3.8, 4) is 12.3 Å². The van der Waals surface area contributed by atoms with E-state index in [1.807, 2.05) is 115 Å². The van der Waals surface area contributed by atoms with Crippen LogP contribution in [-0.4, -0.2) is 168 Å². The van der Waals surface area contributed by atoms with Gasteiger partial charge in [0.1, 0.15) is 25.4 Å². The summed E-state index contributed by atoms with van der Waals surface area (Å²) >= 11 is 0. The lowest BCUT2D eigenvalue weighted by atomic mass is 10.1. The molecule has 0 aliphatic carbocycles. The van der Waals surface area contributed by atoms with Crippen LogP contribution < -0.4 is 10.6 Å². The molecule has 0 aliphatic rings. The highest BCUT2D eigenvalue weighted by atomic mass is 16.5. The molecule has 0 saturated carbocycles. The van der Waals surface area contributed by atoms with Crippen molar-refractivity contribution in [2.24, 2.45) is 5.11 Å². The SMILES string of the molecule is C#CCOCCCCOCC.CCCCC(COCC)NC(=O)CN=[N+]=[N-].CCCCC(COCC)NC(=O)Cn1cc(COCCCCOCC)nn1.c1ccc(Cn2cc(CN(Cc3cn(Cc4ccccc4)nn3)Cc3cn(Cc4ccccc4)nn3)nn2)cc1. The predicted octanol–water partition coefficient (Wildman–Crippen LogP) is 9.59. The van der Waals surface area contributed by atoms with E-state index in [0.29, 0.717) is 85.5 Å². The van der Waals surface area contributed by atoms with Crippen molar-refractivity contribution in [2.45, 2.75) is 170 Å². The molecule has 2 unspecified atom stereocenters. The first-order valence-corrected chi connectivity index (χ1v) is 33.0. The molecule has 0 aliphatic heterocycles. The number of aromatic nitrogens is 12. The van der Waals surface area contributed by atoms with Gasteiger partial charge in [-0.2, -0.15) is 0 Å². The number of terminal acetylenes is 1. The largest absolute Gasteiger partial charge is 0.382 e. The molecule has 0 bridgehead atoms. The van der Waals surface area contributed by atoms with E-state index >= 15 is 0 Å². The van der Waals surface area contributed by atoms with E-state index in [2.05, 4.69) is 123 Å². The van der Waals surface area contributed by atoms with Gasteiger partial charge in [-0.25, -0.2) is 18.7 Å². The summed E-state index contributed by atoms with van der Waals surface area (Å²) in [6.45, 7) is 23.6. The third-order valence-corrected chi connectivity index (χ3v) is 13.7. The Morgan fingerprint density at radius 3 is 1.31 bits per heavy atom. The Labute approximate surface area is 555 Å². The molecule has 0 radical (unpaired) electrons. The Morgan fingerprint density at radius 2 is 0.904 bits per heavy atom. The molecule has 4 heterocycles. The number of unbranched alkanes of at least 4 members (excludes halogenated alkanes) is 4. The van der Waals surface area contributed by atoms with Crippen LogP contribution in [0.4, 0.5) is 0 Å². The smallest absolute Gasteiger partial charge is 0.242 e. The lowest BCUT2D eigenvalue weighted by molar-refractivity contribution is -0.123. The molecule has 94 heavy (non-hydrogen) atoms. The van der Waals surface area contributed by atoms with Crippen molar-refractivity contribution < 1.29 is 38.0 Å². The zero-order valence-electron chi connectivity index (χ0n) is 56.3. The molecule has 512 valence electrons. The molecule has 7 aromatic rings. The van der Waals surface area contributed by atoms with Crippen LogP contribution in [0.5, 0.6) is 0 Å². The number of benzene rings is 3. The fourth-order valence-electron chi connectivity index (χ4n) is 9.13. The second kappa shape index (κ2) is 51.2. The number of hydrogen-bond acceptors (Lipinski definition) is 18. The minimum atomic E-state index is -0.251. The van der Waals surface area contributed by atoms with Crippen LogP contribution in [0.1, 0.15) is 145 Å². The van der Waals surface area contributed by atoms with E-state index in [0.717, 1.165) is 120 Å². The quantitative estimate of drug-likeness (QED) is 0.0118. The van der Waals surface area contributed by atoms with Crippen molar-refractivity contribution >= 4 is 11.8 Å². The van der Waals surface area contributed by atoms with Gasteiger partial charge in [-0.15, -0.1) is 26.8 Å². The zero-order chi connectivity index (χ0) is 67.3. The second-order valence-corrected chi connectivity index (χ2v) is 21.9. The third-order valence-electron chi connectivity index (χ3n) is 13.7. The van der Waals surface area contributed by atoms with E-state index in [4.69, 9.17) is 40.4 Å². The molecule has 3 aromatic carbocycles. The number of amides is 2. The molecule has 2 atom stereocenters. The first kappa shape index (κ1) is 78.2. The number of carbonyl (C=O) groups is 2. The topological polar surface area (TPSA) is 288 Å². The van der Waals surface area contributed by atoms with E-state index in [1.54, 1.807) is 10.9 Å². The van der Waals surface area contributed by atoms with Gasteiger partial charge in [-0.05, 0) is 88.4 Å². The molecule has 0 saturated heterocycles. The second-order valence-electron chi connectivity index (χ2n) is 21.9. The van der Waals surface area contributed by atoms with Gasteiger partial charge < -0.3 is 39.1 Å². The maximum absolute atomic E-state index is 12.2. The monoisotopic (exact) mass is 1300 g/mol. The molecule has 0 spiro atoms. The Hall–Kier alpha value is -8.25. The number of hydrogen-bond donors (Lipinski definition) is 2. The van der Waals surface area contributed by atoms with Gasteiger partial charge in [-0.1, -0.05) is 162 Å². The molecular formula is C68H102N18O8. The molecular weight excluding hydrogens is 1200 g/mol. The average Bonchev–Trinajstić information content (AvgIpc) is 2.13. The van der Waals surface area contributed by atoms with Crippen LogP contribution in [0, 0.1) is 12.3 Å². The summed E-state index contributed by atoms with van der Waals surface area (Å²) in [5.41, 5.74) is 15.0. The van der Waals surface area contributed by atoms with Crippen LogP contribution in [0.25, 0.3) is 10.4 Å². The van der Waals surface area contributed by atoms with Gasteiger partial charge in [0.25, 0.3) is 0 Å². The molecule has 26 heteroatoms. The van der Waals surface area contributed by atoms with E-state index in [-0.39, 0.29) is 37.0 Å². The van der Waals surface area contributed by atoms with Gasteiger partial charge in [-0.3, -0.25) is 14.5 Å². The van der Waals surface area contributed by atoms with E-state index < -0.39 is 0 Å². The summed E-state index contributed by atoms with van der Waals surface area (Å²) in [7, 11) is 0. The van der Waals surface area contributed by atoms with Gasteiger partial charge in [0, 0.05) is 77.4 Å². The fraction of sp³-hybridized carbons (Fsp3) is 0.559. The third kappa shape index (κ3) is 36.9.